The highest BCUT2D eigenvalue weighted by Crippen LogP contribution is 2.32. The van der Waals surface area contributed by atoms with Crippen molar-refractivity contribution >= 4 is 11.6 Å². The highest BCUT2D eigenvalue weighted by atomic mass is 19.1. The summed E-state index contributed by atoms with van der Waals surface area (Å²) in [6.45, 7) is 3.74. The molecule has 1 aliphatic rings. The summed E-state index contributed by atoms with van der Waals surface area (Å²) in [5.41, 5.74) is 2.60. The first-order chi connectivity index (χ1) is 15.1. The van der Waals surface area contributed by atoms with Gasteiger partial charge in [0.15, 0.2) is 0 Å². The van der Waals surface area contributed by atoms with Crippen LogP contribution in [0.2, 0.25) is 0 Å². The van der Waals surface area contributed by atoms with Crippen molar-refractivity contribution in [1.29, 1.82) is 0 Å². The molecule has 7 heteroatoms. The number of hydrogen-bond donors (Lipinski definition) is 1. The molecule has 0 aliphatic carbocycles. The largest absolute Gasteiger partial charge is 0.492 e. The van der Waals surface area contributed by atoms with Crippen LogP contribution in [0.15, 0.2) is 54.7 Å². The van der Waals surface area contributed by atoms with Crippen molar-refractivity contribution in [3.63, 3.8) is 0 Å². The number of halogens is 1. The van der Waals surface area contributed by atoms with E-state index in [9.17, 15) is 9.18 Å². The first-order valence-electron chi connectivity index (χ1n) is 10.6. The maximum absolute atomic E-state index is 13.5. The van der Waals surface area contributed by atoms with Gasteiger partial charge >= 0.3 is 0 Å². The number of carbonyl (C=O) groups is 1. The molecule has 0 bridgehead atoms. The predicted molar refractivity (Wildman–Crippen MR) is 119 cm³/mol. The second-order valence-corrected chi connectivity index (χ2v) is 7.77. The van der Waals surface area contributed by atoms with Crippen molar-refractivity contribution in [2.75, 3.05) is 31.6 Å². The number of anilines is 1. The van der Waals surface area contributed by atoms with E-state index < -0.39 is 5.82 Å². The molecule has 1 fully saturated rings. The average Bonchev–Trinajstić information content (AvgIpc) is 3.21. The van der Waals surface area contributed by atoms with Gasteiger partial charge in [-0.25, -0.2) is 4.39 Å². The quantitative estimate of drug-likeness (QED) is 0.615. The van der Waals surface area contributed by atoms with Crippen molar-refractivity contribution in [2.24, 2.45) is 7.05 Å². The van der Waals surface area contributed by atoms with Gasteiger partial charge in [-0.05, 0) is 68.4 Å². The zero-order valence-electron chi connectivity index (χ0n) is 17.7. The van der Waals surface area contributed by atoms with E-state index in [1.807, 2.05) is 25.2 Å². The van der Waals surface area contributed by atoms with Crippen LogP contribution in [0.5, 0.6) is 5.75 Å². The van der Waals surface area contributed by atoms with E-state index >= 15 is 0 Å². The van der Waals surface area contributed by atoms with Crippen molar-refractivity contribution in [2.45, 2.75) is 19.3 Å². The number of aryl methyl sites for hydroxylation is 1. The molecule has 1 aliphatic heterocycles. The van der Waals surface area contributed by atoms with E-state index in [2.05, 4.69) is 15.3 Å². The lowest BCUT2D eigenvalue weighted by Gasteiger charge is -2.26. The number of benzene rings is 2. The zero-order valence-corrected chi connectivity index (χ0v) is 17.7. The number of aromatic nitrogens is 2. The van der Waals surface area contributed by atoms with Crippen LogP contribution in [0.3, 0.4) is 0 Å². The summed E-state index contributed by atoms with van der Waals surface area (Å²) in [6.07, 6.45) is 5.54. The van der Waals surface area contributed by atoms with E-state index in [1.165, 1.54) is 37.5 Å². The topological polar surface area (TPSA) is 59.4 Å². The van der Waals surface area contributed by atoms with Gasteiger partial charge in [-0.2, -0.15) is 5.10 Å². The Morgan fingerprint density at radius 3 is 2.71 bits per heavy atom. The van der Waals surface area contributed by atoms with E-state index in [-0.39, 0.29) is 11.5 Å². The molecule has 2 aromatic carbocycles. The molecule has 1 aromatic heterocycles. The lowest BCUT2D eigenvalue weighted by atomic mass is 10.1. The maximum Gasteiger partial charge on any atom is 0.255 e. The molecular formula is C24H27FN4O2. The van der Waals surface area contributed by atoms with Crippen LogP contribution in [0.25, 0.3) is 11.3 Å². The molecule has 31 heavy (non-hydrogen) atoms. The molecule has 2 heterocycles. The van der Waals surface area contributed by atoms with Gasteiger partial charge in [0, 0.05) is 36.6 Å². The molecule has 4 rings (SSSR count). The number of amides is 1. The summed E-state index contributed by atoms with van der Waals surface area (Å²) < 4.78 is 21.4. The van der Waals surface area contributed by atoms with Crippen molar-refractivity contribution in [3.05, 3.63) is 66.1 Å². The number of nitrogens with zero attached hydrogens (tertiary/aromatic N) is 3. The molecular weight excluding hydrogens is 395 g/mol. The molecule has 0 atom stereocenters. The number of ether oxygens (including phenoxy) is 1. The number of likely N-dealkylation sites (tertiary alicyclic amines) is 1. The van der Waals surface area contributed by atoms with Crippen LogP contribution < -0.4 is 10.1 Å². The Labute approximate surface area is 181 Å². The molecule has 0 spiro atoms. The van der Waals surface area contributed by atoms with Gasteiger partial charge in [0.2, 0.25) is 0 Å². The Kier molecular flexibility index (Phi) is 6.62. The minimum Gasteiger partial charge on any atom is -0.492 e. The van der Waals surface area contributed by atoms with Crippen LogP contribution in [0.1, 0.15) is 29.6 Å². The molecule has 0 unspecified atom stereocenters. The summed E-state index contributed by atoms with van der Waals surface area (Å²) in [6, 6.07) is 13.1. The van der Waals surface area contributed by atoms with Crippen LogP contribution in [0, 0.1) is 5.82 Å². The molecule has 162 valence electrons. The second-order valence-electron chi connectivity index (χ2n) is 7.77. The molecule has 0 saturated carbocycles. The van der Waals surface area contributed by atoms with E-state index in [1.54, 1.807) is 23.0 Å². The Bertz CT molecular complexity index is 1040. The van der Waals surface area contributed by atoms with Crippen LogP contribution in [0.4, 0.5) is 10.1 Å². The van der Waals surface area contributed by atoms with Gasteiger partial charge in [0.25, 0.3) is 5.91 Å². The van der Waals surface area contributed by atoms with Crippen LogP contribution >= 0.6 is 0 Å². The molecule has 1 N–H and O–H groups in total. The highest BCUT2D eigenvalue weighted by molar-refractivity contribution is 6.04. The molecule has 0 radical (unpaired) electrons. The van der Waals surface area contributed by atoms with Crippen LogP contribution in [-0.2, 0) is 7.05 Å². The minimum absolute atomic E-state index is 0.268. The number of piperidine rings is 1. The number of carbonyl (C=O) groups excluding carboxylic acids is 1. The smallest absolute Gasteiger partial charge is 0.255 e. The Balaban J connectivity index is 1.51. The van der Waals surface area contributed by atoms with E-state index in [4.69, 9.17) is 4.74 Å². The van der Waals surface area contributed by atoms with Gasteiger partial charge in [-0.3, -0.25) is 14.4 Å². The monoisotopic (exact) mass is 422 g/mol. The predicted octanol–water partition coefficient (Wildman–Crippen LogP) is 4.34. The molecule has 6 nitrogen and oxygen atoms in total. The fraction of sp³-hybridized carbons (Fsp3) is 0.333. The zero-order chi connectivity index (χ0) is 21.6. The van der Waals surface area contributed by atoms with Crippen LogP contribution in [-0.4, -0.2) is 46.8 Å². The third kappa shape index (κ3) is 5.30. The Morgan fingerprint density at radius 2 is 1.97 bits per heavy atom. The fourth-order valence-corrected chi connectivity index (χ4v) is 3.87. The number of rotatable bonds is 7. The lowest BCUT2D eigenvalue weighted by Crippen LogP contribution is -2.33. The fourth-order valence-electron chi connectivity index (χ4n) is 3.87. The summed E-state index contributed by atoms with van der Waals surface area (Å²) in [4.78, 5) is 15.0. The normalized spacial score (nSPS) is 14.4. The van der Waals surface area contributed by atoms with E-state index in [0.29, 0.717) is 12.3 Å². The maximum atomic E-state index is 13.5. The van der Waals surface area contributed by atoms with E-state index in [0.717, 1.165) is 36.6 Å². The second kappa shape index (κ2) is 9.75. The third-order valence-electron chi connectivity index (χ3n) is 5.53. The Hall–Kier alpha value is -3.19. The summed E-state index contributed by atoms with van der Waals surface area (Å²) in [5.74, 6) is -0.0701. The number of nitrogens with one attached hydrogen (secondary N) is 1. The SMILES string of the molecule is Cn1nccc1-c1cc(NC(=O)c2cccc(F)c2)ccc1OCCN1CCCCC1. The van der Waals surface area contributed by atoms with Crippen molar-refractivity contribution < 1.29 is 13.9 Å². The van der Waals surface area contributed by atoms with Gasteiger partial charge < -0.3 is 10.1 Å². The molecule has 3 aromatic rings. The number of hydrogen-bond acceptors (Lipinski definition) is 4. The Morgan fingerprint density at radius 1 is 1.13 bits per heavy atom. The molecule has 1 amide bonds. The third-order valence-corrected chi connectivity index (χ3v) is 5.53. The summed E-state index contributed by atoms with van der Waals surface area (Å²) in [7, 11) is 1.87. The van der Waals surface area contributed by atoms with Crippen molar-refractivity contribution in [1.82, 2.24) is 14.7 Å². The van der Waals surface area contributed by atoms with Crippen molar-refractivity contribution in [3.8, 4) is 17.0 Å². The summed E-state index contributed by atoms with van der Waals surface area (Å²) >= 11 is 0. The standard InChI is InChI=1S/C24H27FN4O2/c1-28-22(10-11-26-28)21-17-20(27-24(30)18-6-5-7-19(25)16-18)8-9-23(21)31-15-14-29-12-3-2-4-13-29/h5-11,16-17H,2-4,12-15H2,1H3,(H,27,30). The molecule has 1 saturated heterocycles. The first kappa shape index (κ1) is 21.1. The van der Waals surface area contributed by atoms with Gasteiger partial charge in [0.05, 0.1) is 5.69 Å². The van der Waals surface area contributed by atoms with Gasteiger partial charge in [0.1, 0.15) is 18.2 Å². The van der Waals surface area contributed by atoms with Gasteiger partial charge in [-0.1, -0.05) is 12.5 Å². The average molecular weight is 423 g/mol. The van der Waals surface area contributed by atoms with Gasteiger partial charge in [-0.15, -0.1) is 0 Å². The highest BCUT2D eigenvalue weighted by Gasteiger charge is 2.15. The first-order valence-corrected chi connectivity index (χ1v) is 10.6. The minimum atomic E-state index is -0.444. The summed E-state index contributed by atoms with van der Waals surface area (Å²) in [5, 5.41) is 7.10. The lowest BCUT2D eigenvalue weighted by molar-refractivity contribution is 0.102.